The molecule has 0 radical (unpaired) electrons. The van der Waals surface area contributed by atoms with Crippen molar-refractivity contribution >= 4 is 11.8 Å². The highest BCUT2D eigenvalue weighted by Gasteiger charge is 2.19. The van der Waals surface area contributed by atoms with E-state index in [-0.39, 0.29) is 11.4 Å². The van der Waals surface area contributed by atoms with Gasteiger partial charge in [-0.05, 0) is 19.8 Å². The van der Waals surface area contributed by atoms with Gasteiger partial charge in [-0.1, -0.05) is 33.6 Å². The topological polar surface area (TPSA) is 43.4 Å². The van der Waals surface area contributed by atoms with Gasteiger partial charge in [-0.3, -0.25) is 9.59 Å². The number of Topliss-reactive ketones (excluding diaryl/α,β-unsaturated/α-hetero) is 1. The SMILES string of the molecule is CCOC(=O)CCCCCCC(=O)C(C)(C)C. The molecule has 0 aliphatic heterocycles. The molecule has 0 aliphatic rings. The lowest BCUT2D eigenvalue weighted by Crippen LogP contribution is -2.19. The number of carbonyl (C=O) groups excluding carboxylic acids is 2. The minimum Gasteiger partial charge on any atom is -0.466 e. The lowest BCUT2D eigenvalue weighted by atomic mass is 9.88. The molecule has 0 unspecified atom stereocenters. The molecule has 0 saturated carbocycles. The summed E-state index contributed by atoms with van der Waals surface area (Å²) in [5, 5.41) is 0. The van der Waals surface area contributed by atoms with E-state index in [1.165, 1.54) is 0 Å². The molecule has 17 heavy (non-hydrogen) atoms. The molecule has 0 saturated heterocycles. The van der Waals surface area contributed by atoms with Crippen LogP contribution in [0.2, 0.25) is 0 Å². The Hall–Kier alpha value is -0.860. The molecule has 0 rings (SSSR count). The van der Waals surface area contributed by atoms with Gasteiger partial charge in [0.2, 0.25) is 0 Å². The van der Waals surface area contributed by atoms with Gasteiger partial charge in [-0.15, -0.1) is 0 Å². The maximum Gasteiger partial charge on any atom is 0.305 e. The van der Waals surface area contributed by atoms with Gasteiger partial charge < -0.3 is 4.74 Å². The van der Waals surface area contributed by atoms with Crippen molar-refractivity contribution in [3.63, 3.8) is 0 Å². The minimum atomic E-state index is -0.217. The highest BCUT2D eigenvalue weighted by Crippen LogP contribution is 2.18. The van der Waals surface area contributed by atoms with Gasteiger partial charge in [0.1, 0.15) is 5.78 Å². The molecule has 3 heteroatoms. The summed E-state index contributed by atoms with van der Waals surface area (Å²) < 4.78 is 4.84. The van der Waals surface area contributed by atoms with Crippen LogP contribution in [0.1, 0.15) is 66.2 Å². The number of ether oxygens (including phenoxy) is 1. The zero-order valence-electron chi connectivity index (χ0n) is 11.7. The predicted molar refractivity (Wildman–Crippen MR) is 68.8 cm³/mol. The number of hydrogen-bond acceptors (Lipinski definition) is 3. The molecule has 0 aliphatic carbocycles. The van der Waals surface area contributed by atoms with Crippen LogP contribution in [0.5, 0.6) is 0 Å². The van der Waals surface area contributed by atoms with Gasteiger partial charge in [0.05, 0.1) is 6.61 Å². The van der Waals surface area contributed by atoms with E-state index in [1.54, 1.807) is 0 Å². The Labute approximate surface area is 105 Å². The monoisotopic (exact) mass is 242 g/mol. The quantitative estimate of drug-likeness (QED) is 0.483. The van der Waals surface area contributed by atoms with Crippen molar-refractivity contribution in [1.82, 2.24) is 0 Å². The highest BCUT2D eigenvalue weighted by atomic mass is 16.5. The molecular formula is C14H26O3. The number of rotatable bonds is 8. The second-order valence-electron chi connectivity index (χ2n) is 5.39. The number of unbranched alkanes of at least 4 members (excludes halogenated alkanes) is 3. The molecule has 0 bridgehead atoms. The molecule has 0 aromatic carbocycles. The van der Waals surface area contributed by atoms with E-state index in [4.69, 9.17) is 4.74 Å². The normalized spacial score (nSPS) is 11.3. The summed E-state index contributed by atoms with van der Waals surface area (Å²) in [7, 11) is 0. The van der Waals surface area contributed by atoms with Crippen LogP contribution in [-0.2, 0) is 14.3 Å². The molecule has 0 N–H and O–H groups in total. The maximum absolute atomic E-state index is 11.6. The van der Waals surface area contributed by atoms with Crippen LogP contribution < -0.4 is 0 Å². The Balaban J connectivity index is 3.42. The van der Waals surface area contributed by atoms with Crippen molar-refractivity contribution in [2.24, 2.45) is 5.41 Å². The Morgan fingerprint density at radius 1 is 0.941 bits per heavy atom. The lowest BCUT2D eigenvalue weighted by Gasteiger charge is -2.16. The molecule has 3 nitrogen and oxygen atoms in total. The molecule has 0 fully saturated rings. The third kappa shape index (κ3) is 8.90. The summed E-state index contributed by atoms with van der Waals surface area (Å²) in [5.74, 6) is 0.209. The van der Waals surface area contributed by atoms with Crippen LogP contribution in [0.15, 0.2) is 0 Å². The molecular weight excluding hydrogens is 216 g/mol. The minimum absolute atomic E-state index is 0.113. The van der Waals surface area contributed by atoms with E-state index in [2.05, 4.69) is 0 Å². The Morgan fingerprint density at radius 2 is 1.47 bits per heavy atom. The average molecular weight is 242 g/mol. The predicted octanol–water partition coefficient (Wildman–Crippen LogP) is 3.51. The summed E-state index contributed by atoms with van der Waals surface area (Å²) in [4.78, 5) is 22.7. The lowest BCUT2D eigenvalue weighted by molar-refractivity contribution is -0.143. The fourth-order valence-electron chi connectivity index (χ4n) is 1.52. The first kappa shape index (κ1) is 16.1. The van der Waals surface area contributed by atoms with E-state index in [0.29, 0.717) is 25.2 Å². The molecule has 0 spiro atoms. The summed E-state index contributed by atoms with van der Waals surface area (Å²) >= 11 is 0. The molecule has 0 aromatic rings. The Bertz CT molecular complexity index is 238. The largest absolute Gasteiger partial charge is 0.466 e. The highest BCUT2D eigenvalue weighted by molar-refractivity contribution is 5.83. The third-order valence-electron chi connectivity index (χ3n) is 2.68. The molecule has 0 heterocycles. The fraction of sp³-hybridized carbons (Fsp3) is 0.857. The van der Waals surface area contributed by atoms with E-state index < -0.39 is 0 Å². The number of ketones is 1. The second kappa shape index (κ2) is 8.26. The van der Waals surface area contributed by atoms with Crippen molar-refractivity contribution in [3.05, 3.63) is 0 Å². The first-order valence-electron chi connectivity index (χ1n) is 6.57. The van der Waals surface area contributed by atoms with Gasteiger partial charge in [0.15, 0.2) is 0 Å². The van der Waals surface area contributed by atoms with Gasteiger partial charge in [0.25, 0.3) is 0 Å². The van der Waals surface area contributed by atoms with E-state index in [9.17, 15) is 9.59 Å². The van der Waals surface area contributed by atoms with Crippen LogP contribution in [-0.4, -0.2) is 18.4 Å². The maximum atomic E-state index is 11.6. The summed E-state index contributed by atoms with van der Waals surface area (Å²) in [5.41, 5.74) is -0.217. The summed E-state index contributed by atoms with van der Waals surface area (Å²) in [6, 6.07) is 0. The average Bonchev–Trinajstić information content (AvgIpc) is 2.21. The van der Waals surface area contributed by atoms with Gasteiger partial charge in [0, 0.05) is 18.3 Å². The van der Waals surface area contributed by atoms with Crippen LogP contribution in [0.4, 0.5) is 0 Å². The number of esters is 1. The van der Waals surface area contributed by atoms with Crippen molar-refractivity contribution < 1.29 is 14.3 Å². The summed E-state index contributed by atoms with van der Waals surface area (Å²) in [6.45, 7) is 8.14. The molecule has 0 amide bonds. The molecule has 0 atom stereocenters. The standard InChI is InChI=1S/C14H26O3/c1-5-17-13(16)11-9-7-6-8-10-12(15)14(2,3)4/h5-11H2,1-4H3. The number of hydrogen-bond donors (Lipinski definition) is 0. The van der Waals surface area contributed by atoms with Crippen LogP contribution >= 0.6 is 0 Å². The molecule has 100 valence electrons. The van der Waals surface area contributed by atoms with E-state index >= 15 is 0 Å². The van der Waals surface area contributed by atoms with Crippen molar-refractivity contribution in [2.45, 2.75) is 66.2 Å². The fourth-order valence-corrected chi connectivity index (χ4v) is 1.52. The van der Waals surface area contributed by atoms with Crippen molar-refractivity contribution in [3.8, 4) is 0 Å². The zero-order chi connectivity index (χ0) is 13.3. The van der Waals surface area contributed by atoms with Crippen LogP contribution in [0.25, 0.3) is 0 Å². The second-order valence-corrected chi connectivity index (χ2v) is 5.39. The van der Waals surface area contributed by atoms with Gasteiger partial charge in [-0.25, -0.2) is 0 Å². The Morgan fingerprint density at radius 3 is 1.94 bits per heavy atom. The van der Waals surface area contributed by atoms with E-state index in [1.807, 2.05) is 27.7 Å². The Kier molecular flexibility index (Phi) is 7.85. The van der Waals surface area contributed by atoms with Crippen molar-refractivity contribution in [2.75, 3.05) is 6.61 Å². The summed E-state index contributed by atoms with van der Waals surface area (Å²) in [6.07, 6.45) is 4.96. The van der Waals surface area contributed by atoms with E-state index in [0.717, 1.165) is 25.7 Å². The van der Waals surface area contributed by atoms with Crippen LogP contribution in [0, 0.1) is 5.41 Å². The van der Waals surface area contributed by atoms with Gasteiger partial charge in [-0.2, -0.15) is 0 Å². The smallest absolute Gasteiger partial charge is 0.305 e. The first-order chi connectivity index (χ1) is 7.88. The third-order valence-corrected chi connectivity index (χ3v) is 2.68. The molecule has 0 aromatic heterocycles. The van der Waals surface area contributed by atoms with Crippen molar-refractivity contribution in [1.29, 1.82) is 0 Å². The first-order valence-corrected chi connectivity index (χ1v) is 6.57. The van der Waals surface area contributed by atoms with Crippen LogP contribution in [0.3, 0.4) is 0 Å². The van der Waals surface area contributed by atoms with Gasteiger partial charge >= 0.3 is 5.97 Å². The number of carbonyl (C=O) groups is 2. The zero-order valence-corrected chi connectivity index (χ0v) is 11.7.